The van der Waals surface area contributed by atoms with Crippen LogP contribution in [0.25, 0.3) is 0 Å². The van der Waals surface area contributed by atoms with E-state index in [1.807, 2.05) is 0 Å². The van der Waals surface area contributed by atoms with Crippen LogP contribution >= 0.6 is 0 Å². The van der Waals surface area contributed by atoms with E-state index in [4.69, 9.17) is 5.26 Å². The van der Waals surface area contributed by atoms with Gasteiger partial charge in [-0.1, -0.05) is 39.0 Å². The molecule has 0 aliphatic carbocycles. The molecular formula is C14H19N. The highest BCUT2D eigenvalue weighted by Gasteiger charge is 2.15. The van der Waals surface area contributed by atoms with Gasteiger partial charge in [0.15, 0.2) is 0 Å². The zero-order chi connectivity index (χ0) is 11.5. The third kappa shape index (κ3) is 3.09. The average Bonchev–Trinajstić information content (AvgIpc) is 2.12. The van der Waals surface area contributed by atoms with Crippen LogP contribution in [0.15, 0.2) is 18.2 Å². The molecule has 1 aromatic rings. The van der Waals surface area contributed by atoms with Gasteiger partial charge in [-0.3, -0.25) is 0 Å². The predicted molar refractivity (Wildman–Crippen MR) is 63.8 cm³/mol. The van der Waals surface area contributed by atoms with Crippen molar-refractivity contribution in [1.82, 2.24) is 0 Å². The lowest BCUT2D eigenvalue weighted by Gasteiger charge is -2.22. The number of hydrogen-bond donors (Lipinski definition) is 0. The Morgan fingerprint density at radius 3 is 2.40 bits per heavy atom. The summed E-state index contributed by atoms with van der Waals surface area (Å²) in [7, 11) is 0. The van der Waals surface area contributed by atoms with Gasteiger partial charge in [-0.15, -0.1) is 0 Å². The van der Waals surface area contributed by atoms with Crippen molar-refractivity contribution in [2.75, 3.05) is 0 Å². The lowest BCUT2D eigenvalue weighted by molar-refractivity contribution is 0.586. The predicted octanol–water partition coefficient (Wildman–Crippen LogP) is 3.75. The molecule has 0 atom stereocenters. The zero-order valence-electron chi connectivity index (χ0n) is 10.1. The van der Waals surface area contributed by atoms with E-state index in [-0.39, 0.29) is 5.41 Å². The normalized spacial score (nSPS) is 11.1. The topological polar surface area (TPSA) is 23.8 Å². The maximum Gasteiger partial charge on any atom is 0.0625 e. The van der Waals surface area contributed by atoms with Crippen molar-refractivity contribution in [3.05, 3.63) is 34.9 Å². The fraction of sp³-hybridized carbons (Fsp3) is 0.500. The minimum absolute atomic E-state index is 0.206. The second-order valence-corrected chi connectivity index (χ2v) is 5.06. The van der Waals surface area contributed by atoms with Crippen LogP contribution in [0.4, 0.5) is 0 Å². The smallest absolute Gasteiger partial charge is 0.0625 e. The van der Waals surface area contributed by atoms with Gasteiger partial charge >= 0.3 is 0 Å². The molecule has 0 heterocycles. The van der Waals surface area contributed by atoms with Gasteiger partial charge in [-0.05, 0) is 35.4 Å². The molecule has 0 saturated carbocycles. The van der Waals surface area contributed by atoms with E-state index < -0.39 is 0 Å². The van der Waals surface area contributed by atoms with E-state index >= 15 is 0 Å². The van der Waals surface area contributed by atoms with Crippen molar-refractivity contribution in [3.8, 4) is 6.07 Å². The molecule has 0 radical (unpaired) electrons. The van der Waals surface area contributed by atoms with Gasteiger partial charge in [0.25, 0.3) is 0 Å². The Balaban J connectivity index is 2.94. The van der Waals surface area contributed by atoms with Crippen LogP contribution in [0.5, 0.6) is 0 Å². The Kier molecular flexibility index (Phi) is 3.52. The summed E-state index contributed by atoms with van der Waals surface area (Å²) >= 11 is 0. The van der Waals surface area contributed by atoms with Gasteiger partial charge in [-0.25, -0.2) is 0 Å². The molecular weight excluding hydrogens is 182 g/mol. The summed E-state index contributed by atoms with van der Waals surface area (Å²) < 4.78 is 0. The maximum absolute atomic E-state index is 8.53. The van der Waals surface area contributed by atoms with Gasteiger partial charge in [0, 0.05) is 6.42 Å². The first-order valence-electron chi connectivity index (χ1n) is 5.42. The monoisotopic (exact) mass is 201 g/mol. The van der Waals surface area contributed by atoms with Crippen molar-refractivity contribution in [2.45, 2.75) is 46.0 Å². The fourth-order valence-electron chi connectivity index (χ4n) is 1.92. The summed E-state index contributed by atoms with van der Waals surface area (Å²) in [5.41, 5.74) is 4.20. The van der Waals surface area contributed by atoms with Crippen molar-refractivity contribution in [2.24, 2.45) is 0 Å². The average molecular weight is 201 g/mol. The van der Waals surface area contributed by atoms with Gasteiger partial charge in [0.2, 0.25) is 0 Å². The molecule has 80 valence electrons. The fourth-order valence-corrected chi connectivity index (χ4v) is 1.92. The second-order valence-electron chi connectivity index (χ2n) is 5.06. The van der Waals surface area contributed by atoms with Crippen LogP contribution in [-0.2, 0) is 11.8 Å². The Labute approximate surface area is 92.7 Å². The molecule has 0 aliphatic heterocycles. The first-order valence-corrected chi connectivity index (χ1v) is 5.42. The standard InChI is InChI=1S/C14H19N/c1-11-10-12(6-5-9-15)7-8-13(11)14(2,3)4/h7-8,10H,5-6H2,1-4H3. The summed E-state index contributed by atoms with van der Waals surface area (Å²) in [5, 5.41) is 8.53. The molecule has 0 aliphatic rings. The Morgan fingerprint density at radius 2 is 1.93 bits per heavy atom. The highest BCUT2D eigenvalue weighted by Crippen LogP contribution is 2.26. The molecule has 0 fully saturated rings. The van der Waals surface area contributed by atoms with Crippen molar-refractivity contribution in [1.29, 1.82) is 5.26 Å². The minimum Gasteiger partial charge on any atom is -0.198 e. The van der Waals surface area contributed by atoms with Crippen LogP contribution < -0.4 is 0 Å². The molecule has 0 spiro atoms. The van der Waals surface area contributed by atoms with E-state index in [1.165, 1.54) is 16.7 Å². The number of nitriles is 1. The highest BCUT2D eigenvalue weighted by molar-refractivity contribution is 5.35. The van der Waals surface area contributed by atoms with Crippen LogP contribution in [0.2, 0.25) is 0 Å². The summed E-state index contributed by atoms with van der Waals surface area (Å²) in [6, 6.07) is 8.73. The van der Waals surface area contributed by atoms with E-state index in [9.17, 15) is 0 Å². The van der Waals surface area contributed by atoms with Crippen LogP contribution in [-0.4, -0.2) is 0 Å². The SMILES string of the molecule is Cc1cc(CCC#N)ccc1C(C)(C)C. The number of benzene rings is 1. The summed E-state index contributed by atoms with van der Waals surface area (Å²) in [6.45, 7) is 8.83. The highest BCUT2D eigenvalue weighted by atomic mass is 14.2. The van der Waals surface area contributed by atoms with Crippen molar-refractivity contribution >= 4 is 0 Å². The number of aryl methyl sites for hydroxylation is 2. The van der Waals surface area contributed by atoms with Crippen molar-refractivity contribution in [3.63, 3.8) is 0 Å². The van der Waals surface area contributed by atoms with E-state index in [0.717, 1.165) is 6.42 Å². The molecule has 0 N–H and O–H groups in total. The molecule has 1 aromatic carbocycles. The van der Waals surface area contributed by atoms with E-state index in [1.54, 1.807) is 0 Å². The molecule has 0 amide bonds. The quantitative estimate of drug-likeness (QED) is 0.715. The first-order chi connectivity index (χ1) is 6.95. The van der Waals surface area contributed by atoms with Crippen LogP contribution in [0, 0.1) is 18.3 Å². The second kappa shape index (κ2) is 4.49. The molecule has 1 nitrogen and oxygen atoms in total. The lowest BCUT2D eigenvalue weighted by Crippen LogP contribution is -2.13. The molecule has 0 saturated heterocycles. The van der Waals surface area contributed by atoms with Gasteiger partial charge in [-0.2, -0.15) is 5.26 Å². The van der Waals surface area contributed by atoms with Gasteiger partial charge < -0.3 is 0 Å². The third-order valence-corrected chi connectivity index (χ3v) is 2.62. The number of nitrogens with zero attached hydrogens (tertiary/aromatic N) is 1. The van der Waals surface area contributed by atoms with E-state index in [2.05, 4.69) is 52.0 Å². The van der Waals surface area contributed by atoms with Crippen LogP contribution in [0.3, 0.4) is 0 Å². The van der Waals surface area contributed by atoms with Crippen molar-refractivity contribution < 1.29 is 0 Å². The minimum atomic E-state index is 0.206. The molecule has 0 aromatic heterocycles. The van der Waals surface area contributed by atoms with Crippen LogP contribution in [0.1, 0.15) is 43.9 Å². The number of hydrogen-bond acceptors (Lipinski definition) is 1. The molecule has 15 heavy (non-hydrogen) atoms. The summed E-state index contributed by atoms with van der Waals surface area (Å²) in [4.78, 5) is 0. The first kappa shape index (κ1) is 11.8. The number of rotatable bonds is 2. The largest absolute Gasteiger partial charge is 0.198 e. The Hall–Kier alpha value is -1.29. The molecule has 0 bridgehead atoms. The van der Waals surface area contributed by atoms with E-state index in [0.29, 0.717) is 6.42 Å². The lowest BCUT2D eigenvalue weighted by atomic mass is 9.83. The third-order valence-electron chi connectivity index (χ3n) is 2.62. The maximum atomic E-state index is 8.53. The van der Waals surface area contributed by atoms with Gasteiger partial charge in [0.1, 0.15) is 0 Å². The van der Waals surface area contributed by atoms with Gasteiger partial charge in [0.05, 0.1) is 6.07 Å². The summed E-state index contributed by atoms with van der Waals surface area (Å²) in [6.07, 6.45) is 1.47. The molecule has 1 heteroatoms. The Morgan fingerprint density at radius 1 is 1.27 bits per heavy atom. The molecule has 1 rings (SSSR count). The Bertz CT molecular complexity index is 377. The molecule has 0 unspecified atom stereocenters. The summed E-state index contributed by atoms with van der Waals surface area (Å²) in [5.74, 6) is 0. The zero-order valence-corrected chi connectivity index (χ0v) is 10.1.